The standard InChI is InChI=1S/C22H25NO3/c24-22(23-21-9-3-6-16-5-1-2-8-20(16)21)17-10-12-18(13-11-17)26-15-19-7-4-14-25-19/h1-2,5,8,10-13,19,21H,3-4,6-7,9,14-15H2,(H,23,24)/t19-,21+/m0/s1. The molecule has 1 heterocycles. The summed E-state index contributed by atoms with van der Waals surface area (Å²) in [5.74, 6) is 0.748. The first kappa shape index (κ1) is 17.1. The van der Waals surface area contributed by atoms with Gasteiger partial charge in [-0.3, -0.25) is 4.79 Å². The average Bonchev–Trinajstić information content (AvgIpc) is 3.21. The third kappa shape index (κ3) is 3.91. The molecule has 0 saturated carbocycles. The molecule has 1 saturated heterocycles. The number of nitrogens with one attached hydrogen (secondary N) is 1. The summed E-state index contributed by atoms with van der Waals surface area (Å²) in [5, 5.41) is 3.19. The second-order valence-electron chi connectivity index (χ2n) is 7.09. The number of carbonyl (C=O) groups excluding carboxylic acids is 1. The predicted octanol–water partition coefficient (Wildman–Crippen LogP) is 4.05. The molecule has 1 amide bonds. The second-order valence-corrected chi connectivity index (χ2v) is 7.09. The number of aryl methyl sites for hydroxylation is 1. The zero-order valence-corrected chi connectivity index (χ0v) is 14.9. The maximum Gasteiger partial charge on any atom is 0.251 e. The lowest BCUT2D eigenvalue weighted by atomic mass is 9.87. The maximum absolute atomic E-state index is 12.6. The summed E-state index contributed by atoms with van der Waals surface area (Å²) in [5.41, 5.74) is 3.27. The molecule has 26 heavy (non-hydrogen) atoms. The molecule has 0 bridgehead atoms. The molecule has 1 aliphatic carbocycles. The first-order valence-corrected chi connectivity index (χ1v) is 9.53. The zero-order chi connectivity index (χ0) is 17.8. The van der Waals surface area contributed by atoms with Crippen molar-refractivity contribution in [1.29, 1.82) is 0 Å². The van der Waals surface area contributed by atoms with Gasteiger partial charge in [-0.15, -0.1) is 0 Å². The fourth-order valence-electron chi connectivity index (χ4n) is 3.81. The van der Waals surface area contributed by atoms with E-state index < -0.39 is 0 Å². The number of benzene rings is 2. The minimum absolute atomic E-state index is 0.0302. The molecular formula is C22H25NO3. The number of fused-ring (bicyclic) bond motifs is 1. The first-order valence-electron chi connectivity index (χ1n) is 9.53. The van der Waals surface area contributed by atoms with Crippen LogP contribution in [0.25, 0.3) is 0 Å². The highest BCUT2D eigenvalue weighted by Crippen LogP contribution is 2.29. The normalized spacial score (nSPS) is 21.8. The average molecular weight is 351 g/mol. The molecule has 0 unspecified atom stereocenters. The number of amides is 1. The lowest BCUT2D eigenvalue weighted by molar-refractivity contribution is 0.0679. The van der Waals surface area contributed by atoms with Gasteiger partial charge in [-0.25, -0.2) is 0 Å². The van der Waals surface area contributed by atoms with Gasteiger partial charge in [0.05, 0.1) is 12.1 Å². The fourth-order valence-corrected chi connectivity index (χ4v) is 3.81. The van der Waals surface area contributed by atoms with E-state index in [0.717, 1.165) is 44.5 Å². The molecule has 136 valence electrons. The van der Waals surface area contributed by atoms with Crippen molar-refractivity contribution < 1.29 is 14.3 Å². The molecule has 2 aromatic rings. The van der Waals surface area contributed by atoms with Gasteiger partial charge in [0, 0.05) is 12.2 Å². The Morgan fingerprint density at radius 2 is 1.92 bits per heavy atom. The molecule has 2 aliphatic rings. The molecule has 1 aliphatic heterocycles. The highest BCUT2D eigenvalue weighted by atomic mass is 16.5. The van der Waals surface area contributed by atoms with E-state index >= 15 is 0 Å². The Morgan fingerprint density at radius 3 is 2.73 bits per heavy atom. The van der Waals surface area contributed by atoms with E-state index in [9.17, 15) is 4.79 Å². The summed E-state index contributed by atoms with van der Waals surface area (Å²) >= 11 is 0. The Hall–Kier alpha value is -2.33. The van der Waals surface area contributed by atoms with E-state index in [2.05, 4.69) is 23.5 Å². The van der Waals surface area contributed by atoms with Crippen LogP contribution in [0.5, 0.6) is 5.75 Å². The Labute approximate surface area is 154 Å². The van der Waals surface area contributed by atoms with Crippen LogP contribution in [0, 0.1) is 0 Å². The van der Waals surface area contributed by atoms with Crippen molar-refractivity contribution in [2.45, 2.75) is 44.2 Å². The smallest absolute Gasteiger partial charge is 0.251 e. The third-order valence-electron chi connectivity index (χ3n) is 5.25. The van der Waals surface area contributed by atoms with Crippen LogP contribution >= 0.6 is 0 Å². The SMILES string of the molecule is O=C(N[C@@H]1CCCc2ccccc21)c1ccc(OC[C@@H]2CCCO2)cc1. The largest absolute Gasteiger partial charge is 0.491 e. The van der Waals surface area contributed by atoms with Crippen molar-refractivity contribution in [3.63, 3.8) is 0 Å². The number of hydrogen-bond donors (Lipinski definition) is 1. The monoisotopic (exact) mass is 351 g/mol. The van der Waals surface area contributed by atoms with Crippen LogP contribution in [-0.2, 0) is 11.2 Å². The van der Waals surface area contributed by atoms with Gasteiger partial charge in [0.1, 0.15) is 12.4 Å². The van der Waals surface area contributed by atoms with Gasteiger partial charge in [0.25, 0.3) is 5.91 Å². The van der Waals surface area contributed by atoms with Crippen molar-refractivity contribution in [2.75, 3.05) is 13.2 Å². The van der Waals surface area contributed by atoms with Crippen LogP contribution < -0.4 is 10.1 Å². The van der Waals surface area contributed by atoms with Gasteiger partial charge in [0.15, 0.2) is 0 Å². The van der Waals surface area contributed by atoms with Gasteiger partial charge in [0.2, 0.25) is 0 Å². The summed E-state index contributed by atoms with van der Waals surface area (Å²) in [4.78, 5) is 12.6. The van der Waals surface area contributed by atoms with Crippen molar-refractivity contribution in [2.24, 2.45) is 0 Å². The van der Waals surface area contributed by atoms with Crippen LogP contribution in [0.15, 0.2) is 48.5 Å². The highest BCUT2D eigenvalue weighted by molar-refractivity contribution is 5.94. The van der Waals surface area contributed by atoms with Gasteiger partial charge in [-0.1, -0.05) is 24.3 Å². The van der Waals surface area contributed by atoms with Crippen molar-refractivity contribution in [3.8, 4) is 5.75 Å². The molecule has 1 N–H and O–H groups in total. The minimum atomic E-state index is -0.0302. The summed E-state index contributed by atoms with van der Waals surface area (Å²) < 4.78 is 11.3. The highest BCUT2D eigenvalue weighted by Gasteiger charge is 2.22. The van der Waals surface area contributed by atoms with Gasteiger partial charge in [-0.2, -0.15) is 0 Å². The molecule has 0 radical (unpaired) electrons. The number of hydrogen-bond acceptors (Lipinski definition) is 3. The number of rotatable bonds is 5. The molecule has 2 atom stereocenters. The van der Waals surface area contributed by atoms with E-state index in [1.54, 1.807) is 0 Å². The van der Waals surface area contributed by atoms with E-state index in [1.807, 2.05) is 30.3 Å². The topological polar surface area (TPSA) is 47.6 Å². The lowest BCUT2D eigenvalue weighted by Crippen LogP contribution is -2.30. The van der Waals surface area contributed by atoms with Crippen LogP contribution in [-0.4, -0.2) is 25.2 Å². The van der Waals surface area contributed by atoms with Crippen LogP contribution in [0.2, 0.25) is 0 Å². The molecule has 4 rings (SSSR count). The van der Waals surface area contributed by atoms with Crippen molar-refractivity contribution >= 4 is 5.91 Å². The number of ether oxygens (including phenoxy) is 2. The van der Waals surface area contributed by atoms with E-state index in [0.29, 0.717) is 12.2 Å². The quantitative estimate of drug-likeness (QED) is 0.884. The van der Waals surface area contributed by atoms with Crippen molar-refractivity contribution in [1.82, 2.24) is 5.32 Å². The molecule has 0 spiro atoms. The lowest BCUT2D eigenvalue weighted by Gasteiger charge is -2.26. The predicted molar refractivity (Wildman–Crippen MR) is 100 cm³/mol. The van der Waals surface area contributed by atoms with Gasteiger partial charge < -0.3 is 14.8 Å². The molecule has 1 fully saturated rings. The van der Waals surface area contributed by atoms with Gasteiger partial charge in [-0.05, 0) is 67.5 Å². The van der Waals surface area contributed by atoms with Crippen LogP contribution in [0.4, 0.5) is 0 Å². The number of carbonyl (C=O) groups is 1. The van der Waals surface area contributed by atoms with E-state index in [-0.39, 0.29) is 18.1 Å². The Kier molecular flexibility index (Phi) is 5.21. The summed E-state index contributed by atoms with van der Waals surface area (Å²) in [6.07, 6.45) is 5.56. The second kappa shape index (κ2) is 7.92. The van der Waals surface area contributed by atoms with Crippen LogP contribution in [0.3, 0.4) is 0 Å². The molecule has 4 heteroatoms. The summed E-state index contributed by atoms with van der Waals surface area (Å²) in [6.45, 7) is 1.40. The van der Waals surface area contributed by atoms with E-state index in [1.165, 1.54) is 11.1 Å². The van der Waals surface area contributed by atoms with Crippen molar-refractivity contribution in [3.05, 3.63) is 65.2 Å². The summed E-state index contributed by atoms with van der Waals surface area (Å²) in [7, 11) is 0. The molecule has 0 aromatic heterocycles. The first-order chi connectivity index (χ1) is 12.8. The fraction of sp³-hybridized carbons (Fsp3) is 0.409. The molecule has 2 aromatic carbocycles. The molecular weight excluding hydrogens is 326 g/mol. The minimum Gasteiger partial charge on any atom is -0.491 e. The third-order valence-corrected chi connectivity index (χ3v) is 5.25. The Bertz CT molecular complexity index is 750. The van der Waals surface area contributed by atoms with Crippen LogP contribution in [0.1, 0.15) is 53.2 Å². The zero-order valence-electron chi connectivity index (χ0n) is 14.9. The van der Waals surface area contributed by atoms with E-state index in [4.69, 9.17) is 9.47 Å². The Balaban J connectivity index is 1.36. The Morgan fingerprint density at radius 1 is 1.08 bits per heavy atom. The van der Waals surface area contributed by atoms with Gasteiger partial charge >= 0.3 is 0 Å². The molecule has 4 nitrogen and oxygen atoms in total. The summed E-state index contributed by atoms with van der Waals surface area (Å²) in [6, 6.07) is 15.9. The maximum atomic E-state index is 12.6.